The molecule has 0 saturated carbocycles. The Bertz CT molecular complexity index is 787. The van der Waals surface area contributed by atoms with Gasteiger partial charge in [-0.1, -0.05) is 6.07 Å². The highest BCUT2D eigenvalue weighted by molar-refractivity contribution is 7.92. The van der Waals surface area contributed by atoms with E-state index in [0.29, 0.717) is 6.07 Å². The third-order valence-corrected chi connectivity index (χ3v) is 6.89. The van der Waals surface area contributed by atoms with Gasteiger partial charge in [0, 0.05) is 5.54 Å². The maximum Gasteiger partial charge on any atom is 0.416 e. The fourth-order valence-corrected chi connectivity index (χ4v) is 5.98. The first-order chi connectivity index (χ1) is 9.83. The predicted octanol–water partition coefficient (Wildman–Crippen LogP) is 1.56. The van der Waals surface area contributed by atoms with Gasteiger partial charge in [0.2, 0.25) is 10.0 Å². The van der Waals surface area contributed by atoms with E-state index >= 15 is 0 Å². The summed E-state index contributed by atoms with van der Waals surface area (Å²) in [5, 5.41) is 0. The van der Waals surface area contributed by atoms with Crippen molar-refractivity contribution in [1.29, 1.82) is 0 Å². The zero-order valence-corrected chi connectivity index (χ0v) is 13.1. The number of sulfonamides is 1. The quantitative estimate of drug-likeness (QED) is 0.890. The molecule has 1 fully saturated rings. The Morgan fingerprint density at radius 1 is 1.27 bits per heavy atom. The molecule has 1 aromatic carbocycles. The van der Waals surface area contributed by atoms with Crippen molar-refractivity contribution in [2.45, 2.75) is 30.0 Å². The zero-order valence-electron chi connectivity index (χ0n) is 11.5. The van der Waals surface area contributed by atoms with Gasteiger partial charge in [0.25, 0.3) is 0 Å². The highest BCUT2D eigenvalue weighted by atomic mass is 32.2. The Labute approximate surface area is 126 Å². The van der Waals surface area contributed by atoms with Crippen molar-refractivity contribution in [3.63, 3.8) is 0 Å². The molecule has 5 nitrogen and oxygen atoms in total. The molecule has 0 spiro atoms. The van der Waals surface area contributed by atoms with Crippen LogP contribution in [-0.2, 0) is 26.0 Å². The van der Waals surface area contributed by atoms with E-state index in [9.17, 15) is 30.0 Å². The lowest BCUT2D eigenvalue weighted by atomic mass is 10.0. The largest absolute Gasteiger partial charge is 0.416 e. The first kappa shape index (κ1) is 17.2. The molecule has 1 aliphatic rings. The second-order valence-corrected chi connectivity index (χ2v) is 9.40. The van der Waals surface area contributed by atoms with Crippen LogP contribution in [0.1, 0.15) is 18.9 Å². The molecule has 1 aromatic rings. The maximum atomic E-state index is 12.6. The van der Waals surface area contributed by atoms with Crippen LogP contribution in [0.3, 0.4) is 0 Å². The first-order valence-corrected chi connectivity index (χ1v) is 9.55. The second kappa shape index (κ2) is 5.20. The summed E-state index contributed by atoms with van der Waals surface area (Å²) in [6.45, 7) is 1.42. The summed E-state index contributed by atoms with van der Waals surface area (Å²) in [5.41, 5.74) is -2.30. The fourth-order valence-electron chi connectivity index (χ4n) is 2.31. The van der Waals surface area contributed by atoms with E-state index in [2.05, 4.69) is 4.72 Å². The van der Waals surface area contributed by atoms with Crippen LogP contribution in [-0.4, -0.2) is 33.9 Å². The average Bonchev–Trinajstić information content (AvgIpc) is 2.61. The molecular formula is C12H14F3NO4S2. The van der Waals surface area contributed by atoms with Gasteiger partial charge in [-0.2, -0.15) is 13.2 Å². The third kappa shape index (κ3) is 3.79. The van der Waals surface area contributed by atoms with E-state index in [1.807, 2.05) is 0 Å². The minimum atomic E-state index is -4.66. The van der Waals surface area contributed by atoms with Crippen molar-refractivity contribution >= 4 is 19.9 Å². The van der Waals surface area contributed by atoms with Crippen molar-refractivity contribution in [1.82, 2.24) is 4.72 Å². The smallest absolute Gasteiger partial charge is 0.229 e. The topological polar surface area (TPSA) is 80.3 Å². The van der Waals surface area contributed by atoms with Gasteiger partial charge in [-0.25, -0.2) is 21.6 Å². The van der Waals surface area contributed by atoms with Crippen LogP contribution in [0.4, 0.5) is 13.2 Å². The van der Waals surface area contributed by atoms with E-state index < -0.39 is 42.0 Å². The summed E-state index contributed by atoms with van der Waals surface area (Å²) < 4.78 is 87.5. The van der Waals surface area contributed by atoms with Gasteiger partial charge in [-0.3, -0.25) is 0 Å². The van der Waals surface area contributed by atoms with E-state index in [1.54, 1.807) is 0 Å². The summed E-state index contributed by atoms with van der Waals surface area (Å²) in [7, 11) is -7.60. The molecule has 1 aliphatic heterocycles. The molecule has 1 atom stereocenters. The summed E-state index contributed by atoms with van der Waals surface area (Å²) in [6, 6.07) is 3.31. The Kier molecular flexibility index (Phi) is 4.08. The van der Waals surface area contributed by atoms with Crippen molar-refractivity contribution in [2.24, 2.45) is 0 Å². The van der Waals surface area contributed by atoms with Gasteiger partial charge in [-0.15, -0.1) is 0 Å². The Morgan fingerprint density at radius 3 is 2.41 bits per heavy atom. The molecular weight excluding hydrogens is 343 g/mol. The van der Waals surface area contributed by atoms with Gasteiger partial charge in [0.1, 0.15) is 0 Å². The van der Waals surface area contributed by atoms with Crippen molar-refractivity contribution in [3.05, 3.63) is 29.8 Å². The number of nitrogens with one attached hydrogen (secondary N) is 1. The number of hydrogen-bond donors (Lipinski definition) is 1. The minimum absolute atomic E-state index is 0.0769. The van der Waals surface area contributed by atoms with Crippen LogP contribution in [0.2, 0.25) is 0 Å². The number of sulfone groups is 1. The summed E-state index contributed by atoms with van der Waals surface area (Å²) in [6.07, 6.45) is -4.58. The molecule has 124 valence electrons. The van der Waals surface area contributed by atoms with Gasteiger partial charge < -0.3 is 0 Å². The van der Waals surface area contributed by atoms with Crippen LogP contribution in [0.5, 0.6) is 0 Å². The number of hydrogen-bond acceptors (Lipinski definition) is 4. The molecule has 0 aromatic heterocycles. The SMILES string of the molecule is CC1(NS(=O)(=O)c2cccc(C(F)(F)F)c2)CCS(=O)(=O)C1. The Balaban J connectivity index is 2.32. The van der Waals surface area contributed by atoms with Crippen molar-refractivity contribution in [3.8, 4) is 0 Å². The van der Waals surface area contributed by atoms with E-state index in [0.717, 1.165) is 18.2 Å². The fraction of sp³-hybridized carbons (Fsp3) is 0.500. The van der Waals surface area contributed by atoms with Crippen molar-refractivity contribution in [2.75, 3.05) is 11.5 Å². The van der Waals surface area contributed by atoms with Gasteiger partial charge in [0.05, 0.1) is 22.0 Å². The molecule has 0 bridgehead atoms. The van der Waals surface area contributed by atoms with Crippen molar-refractivity contribution < 1.29 is 30.0 Å². The molecule has 1 saturated heterocycles. The van der Waals surface area contributed by atoms with E-state index in [4.69, 9.17) is 0 Å². The van der Waals surface area contributed by atoms with Crippen LogP contribution in [0.25, 0.3) is 0 Å². The standard InChI is InChI=1S/C12H14F3NO4S2/c1-11(5-6-21(17,18)8-11)16-22(19,20)10-4-2-3-9(7-10)12(13,14)15/h2-4,7,16H,5-6,8H2,1H3. The van der Waals surface area contributed by atoms with Crippen LogP contribution < -0.4 is 4.72 Å². The number of benzene rings is 1. The lowest BCUT2D eigenvalue weighted by Gasteiger charge is -2.23. The Hall–Kier alpha value is -1.13. The molecule has 10 heteroatoms. The molecule has 0 radical (unpaired) electrons. The number of rotatable bonds is 3. The summed E-state index contributed by atoms with van der Waals surface area (Å²) >= 11 is 0. The second-order valence-electron chi connectivity index (χ2n) is 5.53. The van der Waals surface area contributed by atoms with Gasteiger partial charge in [0.15, 0.2) is 9.84 Å². The van der Waals surface area contributed by atoms with Gasteiger partial charge >= 0.3 is 6.18 Å². The lowest BCUT2D eigenvalue weighted by molar-refractivity contribution is -0.137. The predicted molar refractivity (Wildman–Crippen MR) is 73.4 cm³/mol. The monoisotopic (exact) mass is 357 g/mol. The maximum absolute atomic E-state index is 12.6. The van der Waals surface area contributed by atoms with Crippen LogP contribution in [0, 0.1) is 0 Å². The van der Waals surface area contributed by atoms with Crippen LogP contribution in [0.15, 0.2) is 29.2 Å². The molecule has 0 amide bonds. The minimum Gasteiger partial charge on any atom is -0.229 e. The van der Waals surface area contributed by atoms with E-state index in [-0.39, 0.29) is 17.9 Å². The molecule has 1 unspecified atom stereocenters. The molecule has 1 heterocycles. The Morgan fingerprint density at radius 2 is 1.91 bits per heavy atom. The first-order valence-electron chi connectivity index (χ1n) is 6.25. The van der Waals surface area contributed by atoms with Gasteiger partial charge in [-0.05, 0) is 31.5 Å². The highest BCUT2D eigenvalue weighted by Crippen LogP contribution is 2.31. The van der Waals surface area contributed by atoms with E-state index in [1.165, 1.54) is 6.92 Å². The molecule has 22 heavy (non-hydrogen) atoms. The highest BCUT2D eigenvalue weighted by Gasteiger charge is 2.41. The average molecular weight is 357 g/mol. The normalized spacial score (nSPS) is 25.3. The zero-order chi connectivity index (χ0) is 16.8. The summed E-state index contributed by atoms with van der Waals surface area (Å²) in [4.78, 5) is -0.548. The molecule has 2 rings (SSSR count). The molecule has 0 aliphatic carbocycles. The number of halogens is 3. The third-order valence-electron chi connectivity index (χ3n) is 3.36. The molecule has 1 N–H and O–H groups in total. The number of alkyl halides is 3. The van der Waals surface area contributed by atoms with Crippen LogP contribution >= 0.6 is 0 Å². The summed E-state index contributed by atoms with van der Waals surface area (Å²) in [5.74, 6) is -0.535. The lowest BCUT2D eigenvalue weighted by Crippen LogP contribution is -2.46.